The number of fused-ring (bicyclic) bond motifs is 1. The summed E-state index contributed by atoms with van der Waals surface area (Å²) in [4.78, 5) is 4.50. The van der Waals surface area contributed by atoms with Crippen LogP contribution in [0.25, 0.3) is 5.65 Å². The Labute approximate surface area is 132 Å². The lowest BCUT2D eigenvalue weighted by molar-refractivity contribution is 0.457. The summed E-state index contributed by atoms with van der Waals surface area (Å²) in [5.74, 6) is 1.15. The Morgan fingerprint density at radius 2 is 2.05 bits per heavy atom. The standard InChI is InChI=1S/C15H13Cl2N3O/c1-18-9-13-15(19-14-4-2-3-7-20(13)14)21-10-5-6-11(16)12(17)8-10/h2-8,18H,9H2,1H3. The third kappa shape index (κ3) is 2.83. The van der Waals surface area contributed by atoms with Crippen LogP contribution in [-0.4, -0.2) is 16.4 Å². The van der Waals surface area contributed by atoms with E-state index in [0.29, 0.717) is 28.2 Å². The largest absolute Gasteiger partial charge is 0.437 e. The van der Waals surface area contributed by atoms with Crippen molar-refractivity contribution in [3.63, 3.8) is 0 Å². The van der Waals surface area contributed by atoms with Crippen LogP contribution in [0.2, 0.25) is 10.0 Å². The molecule has 2 aromatic heterocycles. The number of imidazole rings is 1. The van der Waals surface area contributed by atoms with Gasteiger partial charge in [-0.3, -0.25) is 4.40 Å². The molecule has 0 bridgehead atoms. The van der Waals surface area contributed by atoms with Crippen LogP contribution in [0.5, 0.6) is 11.6 Å². The highest BCUT2D eigenvalue weighted by molar-refractivity contribution is 6.42. The minimum Gasteiger partial charge on any atom is -0.437 e. The van der Waals surface area contributed by atoms with Gasteiger partial charge in [0.25, 0.3) is 0 Å². The van der Waals surface area contributed by atoms with E-state index in [1.807, 2.05) is 35.8 Å². The van der Waals surface area contributed by atoms with Crippen LogP contribution in [0.1, 0.15) is 5.69 Å². The monoisotopic (exact) mass is 321 g/mol. The molecular weight excluding hydrogens is 309 g/mol. The summed E-state index contributed by atoms with van der Waals surface area (Å²) in [5, 5.41) is 4.07. The molecule has 0 saturated carbocycles. The second-order valence-corrected chi connectivity index (χ2v) is 5.32. The molecule has 108 valence electrons. The summed E-state index contributed by atoms with van der Waals surface area (Å²) in [5.41, 5.74) is 1.77. The zero-order chi connectivity index (χ0) is 14.8. The van der Waals surface area contributed by atoms with Crippen molar-refractivity contribution in [1.82, 2.24) is 14.7 Å². The van der Waals surface area contributed by atoms with Crippen molar-refractivity contribution in [3.05, 3.63) is 58.3 Å². The van der Waals surface area contributed by atoms with Gasteiger partial charge in [-0.25, -0.2) is 0 Å². The summed E-state index contributed by atoms with van der Waals surface area (Å²) in [6, 6.07) is 11.0. The van der Waals surface area contributed by atoms with E-state index in [1.54, 1.807) is 18.2 Å². The summed E-state index contributed by atoms with van der Waals surface area (Å²) < 4.78 is 7.86. The van der Waals surface area contributed by atoms with Crippen molar-refractivity contribution >= 4 is 28.8 Å². The van der Waals surface area contributed by atoms with E-state index < -0.39 is 0 Å². The summed E-state index contributed by atoms with van der Waals surface area (Å²) >= 11 is 11.9. The molecule has 1 N–H and O–H groups in total. The maximum atomic E-state index is 6.01. The van der Waals surface area contributed by atoms with Crippen molar-refractivity contribution in [2.24, 2.45) is 0 Å². The first-order valence-corrected chi connectivity index (χ1v) is 7.18. The van der Waals surface area contributed by atoms with Gasteiger partial charge in [0.1, 0.15) is 17.1 Å². The summed E-state index contributed by atoms with van der Waals surface area (Å²) in [7, 11) is 1.88. The molecule has 0 aliphatic carbocycles. The molecular formula is C15H13Cl2N3O. The first-order valence-electron chi connectivity index (χ1n) is 6.42. The van der Waals surface area contributed by atoms with E-state index in [9.17, 15) is 0 Å². The van der Waals surface area contributed by atoms with E-state index in [1.165, 1.54) is 0 Å². The number of benzene rings is 1. The second-order valence-electron chi connectivity index (χ2n) is 4.50. The van der Waals surface area contributed by atoms with E-state index in [-0.39, 0.29) is 0 Å². The van der Waals surface area contributed by atoms with E-state index >= 15 is 0 Å². The molecule has 0 spiro atoms. The summed E-state index contributed by atoms with van der Waals surface area (Å²) in [6.45, 7) is 0.641. The Morgan fingerprint density at radius 3 is 2.81 bits per heavy atom. The van der Waals surface area contributed by atoms with Gasteiger partial charge in [0.2, 0.25) is 5.88 Å². The molecule has 4 nitrogen and oxygen atoms in total. The van der Waals surface area contributed by atoms with Crippen LogP contribution in [0, 0.1) is 0 Å². The lowest BCUT2D eigenvalue weighted by Crippen LogP contribution is -2.08. The highest BCUT2D eigenvalue weighted by Crippen LogP contribution is 2.31. The van der Waals surface area contributed by atoms with Gasteiger partial charge in [0.05, 0.1) is 10.0 Å². The van der Waals surface area contributed by atoms with Crippen molar-refractivity contribution < 1.29 is 4.74 Å². The van der Waals surface area contributed by atoms with Gasteiger partial charge in [0, 0.05) is 18.8 Å². The number of halogens is 2. The molecule has 0 amide bonds. The number of rotatable bonds is 4. The second kappa shape index (κ2) is 5.93. The highest BCUT2D eigenvalue weighted by Gasteiger charge is 2.13. The fourth-order valence-corrected chi connectivity index (χ4v) is 2.38. The lowest BCUT2D eigenvalue weighted by atomic mass is 10.3. The fraction of sp³-hybridized carbons (Fsp3) is 0.133. The lowest BCUT2D eigenvalue weighted by Gasteiger charge is -2.07. The number of ether oxygens (including phenoxy) is 1. The molecule has 21 heavy (non-hydrogen) atoms. The molecule has 0 unspecified atom stereocenters. The van der Waals surface area contributed by atoms with Gasteiger partial charge in [-0.05, 0) is 31.3 Å². The molecule has 0 atom stereocenters. The van der Waals surface area contributed by atoms with Crippen LogP contribution in [0.3, 0.4) is 0 Å². The molecule has 0 aliphatic rings. The zero-order valence-corrected chi connectivity index (χ0v) is 12.8. The summed E-state index contributed by atoms with van der Waals surface area (Å²) in [6.07, 6.45) is 1.96. The predicted molar refractivity (Wildman–Crippen MR) is 84.5 cm³/mol. The van der Waals surface area contributed by atoms with E-state index in [4.69, 9.17) is 27.9 Å². The van der Waals surface area contributed by atoms with Crippen LogP contribution in [0.4, 0.5) is 0 Å². The maximum Gasteiger partial charge on any atom is 0.242 e. The molecule has 6 heteroatoms. The Balaban J connectivity index is 2.02. The van der Waals surface area contributed by atoms with Crippen molar-refractivity contribution in [3.8, 4) is 11.6 Å². The quantitative estimate of drug-likeness (QED) is 0.784. The molecule has 0 aliphatic heterocycles. The zero-order valence-electron chi connectivity index (χ0n) is 11.3. The Kier molecular flexibility index (Phi) is 4.01. The fourth-order valence-electron chi connectivity index (χ4n) is 2.09. The van der Waals surface area contributed by atoms with Gasteiger partial charge in [-0.15, -0.1) is 0 Å². The minimum atomic E-state index is 0.452. The van der Waals surface area contributed by atoms with E-state index in [2.05, 4.69) is 10.3 Å². The smallest absolute Gasteiger partial charge is 0.242 e. The van der Waals surface area contributed by atoms with Crippen molar-refractivity contribution in [2.45, 2.75) is 6.54 Å². The Morgan fingerprint density at radius 1 is 1.19 bits per heavy atom. The molecule has 0 fully saturated rings. The number of hydrogen-bond donors (Lipinski definition) is 1. The van der Waals surface area contributed by atoms with Gasteiger partial charge >= 0.3 is 0 Å². The first kappa shape index (κ1) is 14.2. The third-order valence-electron chi connectivity index (χ3n) is 3.04. The van der Waals surface area contributed by atoms with Crippen LogP contribution < -0.4 is 10.1 Å². The molecule has 3 aromatic rings. The van der Waals surface area contributed by atoms with Crippen LogP contribution in [-0.2, 0) is 6.54 Å². The topological polar surface area (TPSA) is 38.6 Å². The minimum absolute atomic E-state index is 0.452. The Hall–Kier alpha value is -1.75. The molecule has 3 rings (SSSR count). The van der Waals surface area contributed by atoms with Crippen LogP contribution in [0.15, 0.2) is 42.6 Å². The Bertz CT molecular complexity index is 786. The van der Waals surface area contributed by atoms with Crippen molar-refractivity contribution in [2.75, 3.05) is 7.05 Å². The predicted octanol–water partition coefficient (Wildman–Crippen LogP) is 4.15. The van der Waals surface area contributed by atoms with Gasteiger partial charge in [-0.1, -0.05) is 29.3 Å². The molecule has 1 aromatic carbocycles. The maximum absolute atomic E-state index is 6.01. The SMILES string of the molecule is CNCc1c(Oc2ccc(Cl)c(Cl)c2)nc2ccccn12. The number of nitrogens with one attached hydrogen (secondary N) is 1. The first-order chi connectivity index (χ1) is 10.2. The van der Waals surface area contributed by atoms with Crippen molar-refractivity contribution in [1.29, 1.82) is 0 Å². The molecule has 0 radical (unpaired) electrons. The van der Waals surface area contributed by atoms with E-state index in [0.717, 1.165) is 11.3 Å². The van der Waals surface area contributed by atoms with Crippen LogP contribution >= 0.6 is 23.2 Å². The van der Waals surface area contributed by atoms with Gasteiger partial charge in [-0.2, -0.15) is 4.98 Å². The number of aromatic nitrogens is 2. The van der Waals surface area contributed by atoms with Gasteiger partial charge in [0.15, 0.2) is 0 Å². The normalized spacial score (nSPS) is 11.0. The average molecular weight is 322 g/mol. The highest BCUT2D eigenvalue weighted by atomic mass is 35.5. The number of hydrogen-bond acceptors (Lipinski definition) is 3. The molecule has 0 saturated heterocycles. The third-order valence-corrected chi connectivity index (χ3v) is 3.78. The average Bonchev–Trinajstić information content (AvgIpc) is 2.81. The number of nitrogens with zero attached hydrogens (tertiary/aromatic N) is 2. The molecule has 2 heterocycles. The number of pyridine rings is 1. The van der Waals surface area contributed by atoms with Gasteiger partial charge < -0.3 is 10.1 Å².